The molecule has 1 spiro atoms. The number of rotatable bonds is 4. The van der Waals surface area contributed by atoms with Crippen molar-refractivity contribution in [1.29, 1.82) is 0 Å². The number of amides is 1. The first-order valence-electron chi connectivity index (χ1n) is 14.0. The number of fused-ring (bicyclic) bond motifs is 2. The number of halogens is 3. The van der Waals surface area contributed by atoms with Crippen molar-refractivity contribution >= 4 is 40.3 Å². The fourth-order valence-corrected chi connectivity index (χ4v) is 5.33. The number of hydrogen-bond acceptors (Lipinski definition) is 9. The first-order chi connectivity index (χ1) is 20.6. The number of ether oxygens (including phenoxy) is 1. The molecule has 44 heavy (non-hydrogen) atoms. The zero-order chi connectivity index (χ0) is 31.9. The van der Waals surface area contributed by atoms with Crippen LogP contribution in [-0.2, 0) is 26.4 Å². The van der Waals surface area contributed by atoms with Crippen molar-refractivity contribution in [3.8, 4) is 0 Å². The summed E-state index contributed by atoms with van der Waals surface area (Å²) in [5, 5.41) is 16.1. The van der Waals surface area contributed by atoms with E-state index in [2.05, 4.69) is 36.0 Å². The summed E-state index contributed by atoms with van der Waals surface area (Å²) in [6.07, 6.45) is 1.59. The third kappa shape index (κ3) is 6.54. The first-order valence-corrected chi connectivity index (χ1v) is 14.0. The lowest BCUT2D eigenvalue weighted by atomic mass is 10.0. The van der Waals surface area contributed by atoms with Crippen LogP contribution >= 0.6 is 0 Å². The molecule has 2 saturated heterocycles. The van der Waals surface area contributed by atoms with Crippen molar-refractivity contribution in [1.82, 2.24) is 34.0 Å². The van der Waals surface area contributed by atoms with Crippen LogP contribution in [-0.4, -0.2) is 95.6 Å². The van der Waals surface area contributed by atoms with Crippen LogP contribution in [0.1, 0.15) is 39.8 Å². The number of alkyl halides is 3. The molecule has 2 aliphatic heterocycles. The van der Waals surface area contributed by atoms with Gasteiger partial charge in [0.25, 0.3) is 0 Å². The molecule has 2 aliphatic rings. The molecule has 236 valence electrons. The molecule has 0 saturated carbocycles. The SMILES string of the molecule is CC(=O)N1CCC2(C1)CN(c1nc(NCc3cn4ccccc4n3)nc3c1cnn3C(C)(C)C)CCO2.O=C(O)C(F)(F)F. The highest BCUT2D eigenvalue weighted by Crippen LogP contribution is 2.35. The highest BCUT2D eigenvalue weighted by molar-refractivity contribution is 5.88. The highest BCUT2D eigenvalue weighted by atomic mass is 19.4. The predicted octanol–water partition coefficient (Wildman–Crippen LogP) is 3.30. The van der Waals surface area contributed by atoms with Gasteiger partial charge in [-0.1, -0.05) is 6.07 Å². The second-order valence-electron chi connectivity index (χ2n) is 11.8. The number of pyridine rings is 1. The quantitative estimate of drug-likeness (QED) is 0.350. The van der Waals surface area contributed by atoms with Crippen molar-refractivity contribution in [2.45, 2.75) is 58.0 Å². The Hall–Kier alpha value is -4.47. The Morgan fingerprint density at radius 1 is 1.11 bits per heavy atom. The average Bonchev–Trinajstić information content (AvgIpc) is 3.68. The fourth-order valence-electron chi connectivity index (χ4n) is 5.33. The van der Waals surface area contributed by atoms with Crippen LogP contribution in [0.3, 0.4) is 0 Å². The molecule has 16 heteroatoms. The standard InChI is InChI=1S/C26H33N9O2.C2HF3O2/c1-18(36)33-10-8-26(16-33)17-34(11-12-37-26)22-20-14-28-35(25(2,3)4)23(20)31-24(30-22)27-13-19-15-32-9-6-5-7-21(32)29-19;3-2(4,5)1(6)7/h5-7,9,14-15H,8,10-13,16-17H2,1-4H3,(H,27,30,31);(H,6,7). The minimum Gasteiger partial charge on any atom is -0.475 e. The summed E-state index contributed by atoms with van der Waals surface area (Å²) >= 11 is 0. The molecule has 0 aromatic carbocycles. The van der Waals surface area contributed by atoms with Gasteiger partial charge in [0.2, 0.25) is 11.9 Å². The van der Waals surface area contributed by atoms with E-state index in [4.69, 9.17) is 29.7 Å². The first kappa shape index (κ1) is 31.0. The molecule has 4 aromatic rings. The van der Waals surface area contributed by atoms with E-state index in [0.29, 0.717) is 38.7 Å². The number of nitrogens with one attached hydrogen (secondary N) is 1. The number of imidazole rings is 1. The molecule has 1 atom stereocenters. The Labute approximate surface area is 250 Å². The number of carbonyl (C=O) groups excluding carboxylic acids is 1. The third-order valence-corrected chi connectivity index (χ3v) is 7.44. The lowest BCUT2D eigenvalue weighted by molar-refractivity contribution is -0.192. The summed E-state index contributed by atoms with van der Waals surface area (Å²) in [6, 6.07) is 5.94. The van der Waals surface area contributed by atoms with Crippen LogP contribution in [0.25, 0.3) is 16.7 Å². The van der Waals surface area contributed by atoms with Gasteiger partial charge >= 0.3 is 12.1 Å². The van der Waals surface area contributed by atoms with E-state index in [1.807, 2.05) is 50.8 Å². The van der Waals surface area contributed by atoms with Crippen LogP contribution < -0.4 is 10.2 Å². The van der Waals surface area contributed by atoms with Gasteiger partial charge in [0.1, 0.15) is 17.1 Å². The van der Waals surface area contributed by atoms with Crippen molar-refractivity contribution in [2.24, 2.45) is 0 Å². The predicted molar refractivity (Wildman–Crippen MR) is 154 cm³/mol. The van der Waals surface area contributed by atoms with Crippen LogP contribution in [0.5, 0.6) is 0 Å². The van der Waals surface area contributed by atoms with Gasteiger partial charge in [0.15, 0.2) is 5.65 Å². The maximum absolute atomic E-state index is 12.0. The summed E-state index contributed by atoms with van der Waals surface area (Å²) in [7, 11) is 0. The highest BCUT2D eigenvalue weighted by Gasteiger charge is 2.44. The van der Waals surface area contributed by atoms with E-state index in [0.717, 1.165) is 41.2 Å². The number of carbonyl (C=O) groups is 2. The Balaban J connectivity index is 0.000000493. The number of aromatic nitrogens is 6. The number of anilines is 2. The summed E-state index contributed by atoms with van der Waals surface area (Å²) in [5.74, 6) is -1.30. The molecule has 6 rings (SSSR count). The van der Waals surface area contributed by atoms with Crippen LogP contribution in [0.4, 0.5) is 24.9 Å². The van der Waals surface area contributed by atoms with Gasteiger partial charge in [-0.15, -0.1) is 0 Å². The molecular formula is C28H34F3N9O4. The summed E-state index contributed by atoms with van der Waals surface area (Å²) in [6.45, 7) is 11.7. The van der Waals surface area contributed by atoms with Crippen molar-refractivity contribution in [2.75, 3.05) is 43.0 Å². The molecule has 6 heterocycles. The van der Waals surface area contributed by atoms with Gasteiger partial charge in [-0.25, -0.2) is 14.5 Å². The van der Waals surface area contributed by atoms with Gasteiger partial charge in [-0.05, 0) is 39.3 Å². The second-order valence-corrected chi connectivity index (χ2v) is 11.8. The number of morpholine rings is 1. The van der Waals surface area contributed by atoms with Crippen LogP contribution in [0.2, 0.25) is 0 Å². The fraction of sp³-hybridized carbons (Fsp3) is 0.500. The molecule has 4 aromatic heterocycles. The van der Waals surface area contributed by atoms with Gasteiger partial charge in [-0.3, -0.25) is 4.79 Å². The van der Waals surface area contributed by atoms with E-state index < -0.39 is 12.1 Å². The number of aliphatic carboxylic acids is 1. The molecule has 2 N–H and O–H groups in total. The topological polar surface area (TPSA) is 143 Å². The summed E-state index contributed by atoms with van der Waals surface area (Å²) in [4.78, 5) is 39.6. The Kier molecular flexibility index (Phi) is 8.13. The zero-order valence-corrected chi connectivity index (χ0v) is 24.8. The zero-order valence-electron chi connectivity index (χ0n) is 24.8. The van der Waals surface area contributed by atoms with Crippen molar-refractivity contribution in [3.05, 3.63) is 42.5 Å². The molecule has 0 radical (unpaired) electrons. The molecule has 2 fully saturated rings. The third-order valence-electron chi connectivity index (χ3n) is 7.44. The van der Waals surface area contributed by atoms with E-state index in [-0.39, 0.29) is 17.0 Å². The van der Waals surface area contributed by atoms with Crippen molar-refractivity contribution < 1.29 is 32.6 Å². The minimum absolute atomic E-state index is 0.0897. The number of likely N-dealkylation sites (tertiary alicyclic amines) is 1. The number of nitrogens with zero attached hydrogens (tertiary/aromatic N) is 8. The molecule has 13 nitrogen and oxygen atoms in total. The van der Waals surface area contributed by atoms with E-state index in [1.54, 1.807) is 6.92 Å². The van der Waals surface area contributed by atoms with Crippen molar-refractivity contribution in [3.63, 3.8) is 0 Å². The van der Waals surface area contributed by atoms with Gasteiger partial charge in [0.05, 0.1) is 49.1 Å². The maximum Gasteiger partial charge on any atom is 0.490 e. The monoisotopic (exact) mass is 617 g/mol. The largest absolute Gasteiger partial charge is 0.490 e. The molecule has 0 aliphatic carbocycles. The smallest absolute Gasteiger partial charge is 0.475 e. The molecule has 1 unspecified atom stereocenters. The van der Waals surface area contributed by atoms with Gasteiger partial charge in [-0.2, -0.15) is 28.2 Å². The normalized spacial score (nSPS) is 19.0. The minimum atomic E-state index is -5.08. The van der Waals surface area contributed by atoms with E-state index >= 15 is 0 Å². The van der Waals surface area contributed by atoms with Crippen LogP contribution in [0, 0.1) is 0 Å². The summed E-state index contributed by atoms with van der Waals surface area (Å²) < 4.78 is 42.0. The van der Waals surface area contributed by atoms with Crippen LogP contribution in [0.15, 0.2) is 36.8 Å². The molecular weight excluding hydrogens is 583 g/mol. The molecule has 1 amide bonds. The number of hydrogen-bond donors (Lipinski definition) is 2. The van der Waals surface area contributed by atoms with E-state index in [1.165, 1.54) is 0 Å². The second kappa shape index (κ2) is 11.6. The average molecular weight is 618 g/mol. The Bertz CT molecular complexity index is 1650. The maximum atomic E-state index is 12.0. The Morgan fingerprint density at radius 3 is 2.50 bits per heavy atom. The lowest BCUT2D eigenvalue weighted by Crippen LogP contribution is -2.54. The Morgan fingerprint density at radius 2 is 1.86 bits per heavy atom. The lowest BCUT2D eigenvalue weighted by Gasteiger charge is -2.41. The number of carboxylic acid groups (broad SMARTS) is 1. The molecule has 0 bridgehead atoms. The van der Waals surface area contributed by atoms with Gasteiger partial charge in [0, 0.05) is 32.4 Å². The van der Waals surface area contributed by atoms with E-state index in [9.17, 15) is 18.0 Å². The summed E-state index contributed by atoms with van der Waals surface area (Å²) in [5.41, 5.74) is 1.96. The van der Waals surface area contributed by atoms with Gasteiger partial charge < -0.3 is 29.4 Å². The number of carboxylic acids is 1.